The van der Waals surface area contributed by atoms with E-state index >= 15 is 0 Å². The van der Waals surface area contributed by atoms with E-state index in [1.54, 1.807) is 14.0 Å². The number of methoxy groups -OCH3 is 1. The normalized spacial score (nSPS) is 19.7. The van der Waals surface area contributed by atoms with Gasteiger partial charge in [-0.05, 0) is 55.8 Å². The molecule has 0 aromatic heterocycles. The maximum absolute atomic E-state index is 9.78. The largest absolute Gasteiger partial charge is 0.496 e. The molecular formula is C18H29NO2. The lowest BCUT2D eigenvalue weighted by atomic mass is 9.82. The van der Waals surface area contributed by atoms with Gasteiger partial charge in [-0.25, -0.2) is 0 Å². The zero-order chi connectivity index (χ0) is 15.5. The van der Waals surface area contributed by atoms with Crippen LogP contribution in [0, 0.1) is 5.41 Å². The highest BCUT2D eigenvalue weighted by Crippen LogP contribution is 2.38. The minimum Gasteiger partial charge on any atom is -0.496 e. The van der Waals surface area contributed by atoms with E-state index in [4.69, 9.17) is 4.74 Å². The van der Waals surface area contributed by atoms with Gasteiger partial charge < -0.3 is 9.84 Å². The van der Waals surface area contributed by atoms with Crippen LogP contribution in [0.3, 0.4) is 0 Å². The number of rotatable bonds is 6. The molecular weight excluding hydrogens is 262 g/mol. The van der Waals surface area contributed by atoms with Crippen molar-refractivity contribution >= 4 is 0 Å². The van der Waals surface area contributed by atoms with Crippen LogP contribution in [0.2, 0.25) is 0 Å². The first-order valence-electron chi connectivity index (χ1n) is 8.11. The van der Waals surface area contributed by atoms with Crippen molar-refractivity contribution in [2.45, 2.75) is 52.7 Å². The van der Waals surface area contributed by atoms with Crippen molar-refractivity contribution in [3.63, 3.8) is 0 Å². The van der Waals surface area contributed by atoms with Gasteiger partial charge in [-0.3, -0.25) is 4.90 Å². The third-order valence-corrected chi connectivity index (χ3v) is 5.20. The summed E-state index contributed by atoms with van der Waals surface area (Å²) >= 11 is 0. The van der Waals surface area contributed by atoms with Crippen LogP contribution in [0.5, 0.6) is 5.75 Å². The van der Waals surface area contributed by atoms with Gasteiger partial charge >= 0.3 is 0 Å². The summed E-state index contributed by atoms with van der Waals surface area (Å²) in [6, 6.07) is 6.00. The van der Waals surface area contributed by atoms with Gasteiger partial charge in [0, 0.05) is 18.7 Å². The summed E-state index contributed by atoms with van der Waals surface area (Å²) in [5, 5.41) is 9.78. The maximum Gasteiger partial charge on any atom is 0.123 e. The van der Waals surface area contributed by atoms with Crippen molar-refractivity contribution in [2.75, 3.05) is 20.2 Å². The molecule has 3 heteroatoms. The molecule has 1 aliphatic heterocycles. The number of benzene rings is 1. The predicted octanol–water partition coefficient (Wildman–Crippen LogP) is 3.76. The van der Waals surface area contributed by atoms with Crippen LogP contribution in [-0.2, 0) is 6.54 Å². The number of nitrogens with zero attached hydrogens (tertiary/aromatic N) is 1. The van der Waals surface area contributed by atoms with Crippen LogP contribution in [0.4, 0.5) is 0 Å². The van der Waals surface area contributed by atoms with Crippen molar-refractivity contribution < 1.29 is 9.84 Å². The first kappa shape index (κ1) is 16.3. The van der Waals surface area contributed by atoms with Crippen molar-refractivity contribution in [3.05, 3.63) is 29.3 Å². The Kier molecular flexibility index (Phi) is 5.28. The van der Waals surface area contributed by atoms with E-state index in [9.17, 15) is 5.11 Å². The summed E-state index contributed by atoms with van der Waals surface area (Å²) < 4.78 is 5.49. The standard InChI is InChI=1S/C18H29NO2/c1-5-18(6-2)9-10-19(13-18)12-16-11-15(14(3)20)7-8-17(16)21-4/h7-8,11,14,20H,5-6,9-10,12-13H2,1-4H3. The topological polar surface area (TPSA) is 32.7 Å². The number of hydrogen-bond acceptors (Lipinski definition) is 3. The molecule has 2 rings (SSSR count). The highest BCUT2D eigenvalue weighted by atomic mass is 16.5. The van der Waals surface area contributed by atoms with E-state index in [2.05, 4.69) is 24.8 Å². The second kappa shape index (κ2) is 6.80. The predicted molar refractivity (Wildman–Crippen MR) is 86.5 cm³/mol. The van der Waals surface area contributed by atoms with E-state index in [0.717, 1.165) is 24.4 Å². The van der Waals surface area contributed by atoms with E-state index in [1.165, 1.54) is 31.4 Å². The van der Waals surface area contributed by atoms with Crippen LogP contribution < -0.4 is 4.74 Å². The highest BCUT2D eigenvalue weighted by Gasteiger charge is 2.34. The van der Waals surface area contributed by atoms with Gasteiger partial charge in [0.2, 0.25) is 0 Å². The molecule has 21 heavy (non-hydrogen) atoms. The first-order chi connectivity index (χ1) is 10.0. The lowest BCUT2D eigenvalue weighted by Gasteiger charge is -2.27. The van der Waals surface area contributed by atoms with Crippen molar-refractivity contribution in [3.8, 4) is 5.75 Å². The Morgan fingerprint density at radius 2 is 2.05 bits per heavy atom. The Balaban J connectivity index is 2.14. The average Bonchev–Trinajstić information content (AvgIpc) is 2.91. The maximum atomic E-state index is 9.78. The van der Waals surface area contributed by atoms with Gasteiger partial charge in [0.1, 0.15) is 5.75 Å². The summed E-state index contributed by atoms with van der Waals surface area (Å²) in [7, 11) is 1.72. The zero-order valence-electron chi connectivity index (χ0n) is 13.9. The summed E-state index contributed by atoms with van der Waals surface area (Å²) in [5.74, 6) is 0.921. The van der Waals surface area contributed by atoms with Crippen molar-refractivity contribution in [2.24, 2.45) is 5.41 Å². The molecule has 1 aromatic rings. The van der Waals surface area contributed by atoms with Crippen LogP contribution in [0.15, 0.2) is 18.2 Å². The minimum absolute atomic E-state index is 0.432. The molecule has 0 radical (unpaired) electrons. The molecule has 1 fully saturated rings. The molecule has 0 amide bonds. The van der Waals surface area contributed by atoms with Crippen LogP contribution in [-0.4, -0.2) is 30.2 Å². The second-order valence-corrected chi connectivity index (χ2v) is 6.42. The number of aliphatic hydroxyl groups is 1. The third kappa shape index (κ3) is 3.58. The van der Waals surface area contributed by atoms with Gasteiger partial charge in [0.05, 0.1) is 13.2 Å². The van der Waals surface area contributed by atoms with Gasteiger partial charge in [0.25, 0.3) is 0 Å². The fraction of sp³-hybridized carbons (Fsp3) is 0.667. The van der Waals surface area contributed by atoms with Gasteiger partial charge in [0.15, 0.2) is 0 Å². The summed E-state index contributed by atoms with van der Waals surface area (Å²) in [4.78, 5) is 2.52. The number of hydrogen-bond donors (Lipinski definition) is 1. The molecule has 0 aliphatic carbocycles. The molecule has 1 saturated heterocycles. The van der Waals surface area contributed by atoms with Gasteiger partial charge in [-0.15, -0.1) is 0 Å². The van der Waals surface area contributed by atoms with E-state index in [-0.39, 0.29) is 0 Å². The molecule has 0 bridgehead atoms. The van der Waals surface area contributed by atoms with Crippen molar-refractivity contribution in [1.29, 1.82) is 0 Å². The molecule has 1 atom stereocenters. The molecule has 1 N–H and O–H groups in total. The van der Waals surface area contributed by atoms with Crippen molar-refractivity contribution in [1.82, 2.24) is 4.90 Å². The number of ether oxygens (including phenoxy) is 1. The molecule has 118 valence electrons. The highest BCUT2D eigenvalue weighted by molar-refractivity contribution is 5.38. The molecule has 1 aromatic carbocycles. The lowest BCUT2D eigenvalue weighted by Crippen LogP contribution is -2.26. The van der Waals surface area contributed by atoms with E-state index in [1.807, 2.05) is 12.1 Å². The molecule has 3 nitrogen and oxygen atoms in total. The Hall–Kier alpha value is -1.06. The second-order valence-electron chi connectivity index (χ2n) is 6.42. The van der Waals surface area contributed by atoms with Gasteiger partial charge in [-0.2, -0.15) is 0 Å². The summed E-state index contributed by atoms with van der Waals surface area (Å²) in [6.45, 7) is 9.65. The molecule has 1 aliphatic rings. The quantitative estimate of drug-likeness (QED) is 0.866. The Morgan fingerprint density at radius 3 is 2.57 bits per heavy atom. The van der Waals surface area contributed by atoms with E-state index in [0.29, 0.717) is 5.41 Å². The Bertz CT molecular complexity index is 466. The Labute approximate surface area is 128 Å². The molecule has 0 spiro atoms. The summed E-state index contributed by atoms with van der Waals surface area (Å²) in [5.41, 5.74) is 2.64. The Morgan fingerprint density at radius 1 is 1.33 bits per heavy atom. The van der Waals surface area contributed by atoms with Crippen LogP contribution in [0.1, 0.15) is 57.3 Å². The smallest absolute Gasteiger partial charge is 0.123 e. The number of aliphatic hydroxyl groups excluding tert-OH is 1. The fourth-order valence-corrected chi connectivity index (χ4v) is 3.41. The SMILES string of the molecule is CCC1(CC)CCN(Cc2cc(C(C)O)ccc2OC)C1. The summed E-state index contributed by atoms with van der Waals surface area (Å²) in [6.07, 6.45) is 3.37. The van der Waals surface area contributed by atoms with Crippen LogP contribution >= 0.6 is 0 Å². The lowest BCUT2D eigenvalue weighted by molar-refractivity contribution is 0.198. The number of likely N-dealkylation sites (tertiary alicyclic amines) is 1. The van der Waals surface area contributed by atoms with E-state index < -0.39 is 6.10 Å². The van der Waals surface area contributed by atoms with Gasteiger partial charge in [-0.1, -0.05) is 19.9 Å². The molecule has 1 heterocycles. The van der Waals surface area contributed by atoms with Crippen LogP contribution in [0.25, 0.3) is 0 Å². The monoisotopic (exact) mass is 291 g/mol. The third-order valence-electron chi connectivity index (χ3n) is 5.20. The molecule has 1 unspecified atom stereocenters. The molecule has 0 saturated carbocycles. The fourth-order valence-electron chi connectivity index (χ4n) is 3.41. The first-order valence-corrected chi connectivity index (χ1v) is 8.11. The zero-order valence-corrected chi connectivity index (χ0v) is 13.9. The average molecular weight is 291 g/mol. The minimum atomic E-state index is -0.432.